The van der Waals surface area contributed by atoms with Crippen LogP contribution in [0.4, 0.5) is 4.39 Å². The molecule has 0 bridgehead atoms. The number of carbonyl (C=O) groups excluding carboxylic acids is 1. The van der Waals surface area contributed by atoms with Crippen molar-refractivity contribution in [3.05, 3.63) is 58.7 Å². The number of hydrogen-bond acceptors (Lipinski definition) is 2. The molecule has 0 aliphatic rings. The summed E-state index contributed by atoms with van der Waals surface area (Å²) in [7, 11) is 1.87. The predicted molar refractivity (Wildman–Crippen MR) is 84.8 cm³/mol. The van der Waals surface area contributed by atoms with Crippen molar-refractivity contribution in [2.75, 3.05) is 6.54 Å². The Labute approximate surface area is 129 Å². The lowest BCUT2D eigenvalue weighted by Crippen LogP contribution is -2.23. The highest BCUT2D eigenvalue weighted by Gasteiger charge is 2.06. The lowest BCUT2D eigenvalue weighted by atomic mass is 10.1. The third kappa shape index (κ3) is 3.81. The van der Waals surface area contributed by atoms with Gasteiger partial charge in [-0.1, -0.05) is 18.2 Å². The van der Waals surface area contributed by atoms with Crippen LogP contribution >= 0.6 is 0 Å². The van der Waals surface area contributed by atoms with Crippen molar-refractivity contribution in [1.82, 2.24) is 15.1 Å². The Hall–Kier alpha value is -2.43. The number of carbonyl (C=O) groups is 1. The third-order valence-corrected chi connectivity index (χ3v) is 3.62. The highest BCUT2D eigenvalue weighted by molar-refractivity contribution is 5.91. The Bertz CT molecular complexity index is 704. The maximum atomic E-state index is 13.4. The zero-order valence-electron chi connectivity index (χ0n) is 13.1. The first kappa shape index (κ1) is 15.9. The molecule has 4 nitrogen and oxygen atoms in total. The summed E-state index contributed by atoms with van der Waals surface area (Å²) < 4.78 is 15.2. The number of rotatable bonds is 5. The second-order valence-corrected chi connectivity index (χ2v) is 5.17. The fourth-order valence-corrected chi connectivity index (χ4v) is 2.27. The minimum atomic E-state index is -0.242. The summed E-state index contributed by atoms with van der Waals surface area (Å²) in [6.07, 6.45) is 3.71. The number of nitrogens with one attached hydrogen (secondary N) is 1. The number of halogens is 1. The van der Waals surface area contributed by atoms with E-state index < -0.39 is 0 Å². The topological polar surface area (TPSA) is 46.9 Å². The van der Waals surface area contributed by atoms with Gasteiger partial charge in [-0.2, -0.15) is 5.10 Å². The van der Waals surface area contributed by atoms with Crippen molar-refractivity contribution in [3.8, 4) is 0 Å². The molecule has 22 heavy (non-hydrogen) atoms. The van der Waals surface area contributed by atoms with Crippen LogP contribution < -0.4 is 5.32 Å². The Morgan fingerprint density at radius 3 is 2.73 bits per heavy atom. The first-order valence-corrected chi connectivity index (χ1v) is 7.18. The van der Waals surface area contributed by atoms with Gasteiger partial charge < -0.3 is 5.32 Å². The van der Waals surface area contributed by atoms with Gasteiger partial charge in [-0.25, -0.2) is 4.39 Å². The molecule has 1 aromatic heterocycles. The zero-order chi connectivity index (χ0) is 16.1. The summed E-state index contributed by atoms with van der Waals surface area (Å²) in [4.78, 5) is 11.8. The van der Waals surface area contributed by atoms with Gasteiger partial charge in [0.05, 0.1) is 5.69 Å². The van der Waals surface area contributed by atoms with Crippen LogP contribution in [0.15, 0.2) is 30.3 Å². The van der Waals surface area contributed by atoms with Gasteiger partial charge in [0.1, 0.15) is 5.82 Å². The van der Waals surface area contributed by atoms with Crippen LogP contribution in [-0.4, -0.2) is 22.2 Å². The van der Waals surface area contributed by atoms with Crippen LogP contribution in [0.25, 0.3) is 6.08 Å². The Balaban J connectivity index is 1.88. The van der Waals surface area contributed by atoms with Crippen LogP contribution in [0.1, 0.15) is 22.5 Å². The Morgan fingerprint density at radius 1 is 1.36 bits per heavy atom. The number of amides is 1. The van der Waals surface area contributed by atoms with Crippen molar-refractivity contribution < 1.29 is 9.18 Å². The average molecular weight is 301 g/mol. The summed E-state index contributed by atoms with van der Waals surface area (Å²) in [6, 6.07) is 6.58. The maximum absolute atomic E-state index is 13.4. The standard InChI is InChI=1S/C17H20FN3O/c1-12-15(13(2)21(3)20-12)8-9-17(22)19-11-10-14-6-4-5-7-16(14)18/h4-9H,10-11H2,1-3H3,(H,19,22). The van der Waals surface area contributed by atoms with Gasteiger partial charge in [-0.3, -0.25) is 9.48 Å². The van der Waals surface area contributed by atoms with E-state index in [-0.39, 0.29) is 11.7 Å². The molecule has 2 rings (SSSR count). The minimum Gasteiger partial charge on any atom is -0.352 e. The SMILES string of the molecule is Cc1nn(C)c(C)c1C=CC(=O)NCCc1ccccc1F. The molecular weight excluding hydrogens is 281 g/mol. The van der Waals surface area contributed by atoms with Crippen LogP contribution in [0.3, 0.4) is 0 Å². The highest BCUT2D eigenvalue weighted by atomic mass is 19.1. The molecule has 2 aromatic rings. The number of hydrogen-bond donors (Lipinski definition) is 1. The van der Waals surface area contributed by atoms with Crippen molar-refractivity contribution in [2.45, 2.75) is 20.3 Å². The van der Waals surface area contributed by atoms with Crippen LogP contribution in [0.2, 0.25) is 0 Å². The van der Waals surface area contributed by atoms with Gasteiger partial charge in [0.15, 0.2) is 0 Å². The molecule has 0 fully saturated rings. The molecule has 1 heterocycles. The molecule has 0 unspecified atom stereocenters. The predicted octanol–water partition coefficient (Wildman–Crippen LogP) is 2.55. The molecule has 1 amide bonds. The smallest absolute Gasteiger partial charge is 0.244 e. The monoisotopic (exact) mass is 301 g/mol. The van der Waals surface area contributed by atoms with Crippen LogP contribution in [0, 0.1) is 19.7 Å². The van der Waals surface area contributed by atoms with E-state index in [0.29, 0.717) is 18.5 Å². The van der Waals surface area contributed by atoms with Crippen molar-refractivity contribution >= 4 is 12.0 Å². The average Bonchev–Trinajstić information content (AvgIpc) is 2.72. The van der Waals surface area contributed by atoms with Gasteiger partial charge in [-0.15, -0.1) is 0 Å². The van der Waals surface area contributed by atoms with E-state index in [1.54, 1.807) is 29.0 Å². The van der Waals surface area contributed by atoms with Gasteiger partial charge in [0.2, 0.25) is 5.91 Å². The van der Waals surface area contributed by atoms with E-state index in [9.17, 15) is 9.18 Å². The number of benzene rings is 1. The Kier molecular flexibility index (Phi) is 5.09. The molecule has 0 spiro atoms. The van der Waals surface area contributed by atoms with Crippen LogP contribution in [0.5, 0.6) is 0 Å². The second-order valence-electron chi connectivity index (χ2n) is 5.17. The van der Waals surface area contributed by atoms with Crippen LogP contribution in [-0.2, 0) is 18.3 Å². The number of aryl methyl sites for hydroxylation is 2. The van der Waals surface area contributed by atoms with Gasteiger partial charge >= 0.3 is 0 Å². The zero-order valence-corrected chi connectivity index (χ0v) is 13.1. The summed E-state index contributed by atoms with van der Waals surface area (Å²) in [6.45, 7) is 4.26. The van der Waals surface area contributed by atoms with Crippen molar-refractivity contribution in [2.24, 2.45) is 7.05 Å². The first-order chi connectivity index (χ1) is 10.5. The fourth-order valence-electron chi connectivity index (χ4n) is 2.27. The minimum absolute atomic E-state index is 0.195. The van der Waals surface area contributed by atoms with E-state index in [2.05, 4.69) is 10.4 Å². The molecular formula is C17H20FN3O. The maximum Gasteiger partial charge on any atom is 0.244 e. The largest absolute Gasteiger partial charge is 0.352 e. The van der Waals surface area contributed by atoms with Crippen molar-refractivity contribution in [3.63, 3.8) is 0 Å². The summed E-state index contributed by atoms with van der Waals surface area (Å²) in [5.74, 6) is -0.437. The molecule has 0 aliphatic heterocycles. The molecule has 0 radical (unpaired) electrons. The summed E-state index contributed by atoms with van der Waals surface area (Å²) >= 11 is 0. The summed E-state index contributed by atoms with van der Waals surface area (Å²) in [5.41, 5.74) is 3.45. The van der Waals surface area contributed by atoms with E-state index >= 15 is 0 Å². The molecule has 0 atom stereocenters. The molecule has 0 saturated carbocycles. The summed E-state index contributed by atoms with van der Waals surface area (Å²) in [5, 5.41) is 7.05. The molecule has 1 N–H and O–H groups in total. The number of aromatic nitrogens is 2. The molecule has 116 valence electrons. The highest BCUT2D eigenvalue weighted by Crippen LogP contribution is 2.13. The van der Waals surface area contributed by atoms with Gasteiger partial charge in [0, 0.05) is 30.9 Å². The molecule has 0 aliphatic carbocycles. The second kappa shape index (κ2) is 7.02. The molecule has 5 heteroatoms. The van der Waals surface area contributed by atoms with Gasteiger partial charge in [0.25, 0.3) is 0 Å². The van der Waals surface area contributed by atoms with E-state index in [4.69, 9.17) is 0 Å². The van der Waals surface area contributed by atoms with Crippen molar-refractivity contribution in [1.29, 1.82) is 0 Å². The fraction of sp³-hybridized carbons (Fsp3) is 0.294. The molecule has 1 aromatic carbocycles. The normalized spacial score (nSPS) is 11.1. The lowest BCUT2D eigenvalue weighted by molar-refractivity contribution is -0.116. The third-order valence-electron chi connectivity index (χ3n) is 3.62. The first-order valence-electron chi connectivity index (χ1n) is 7.18. The molecule has 0 saturated heterocycles. The Morgan fingerprint density at radius 2 is 2.09 bits per heavy atom. The lowest BCUT2D eigenvalue weighted by Gasteiger charge is -2.03. The van der Waals surface area contributed by atoms with Gasteiger partial charge in [-0.05, 0) is 38.0 Å². The number of nitrogens with zero attached hydrogens (tertiary/aromatic N) is 2. The van der Waals surface area contributed by atoms with E-state index in [0.717, 1.165) is 17.0 Å². The quantitative estimate of drug-likeness (QED) is 0.863. The van der Waals surface area contributed by atoms with E-state index in [1.807, 2.05) is 20.9 Å². The van der Waals surface area contributed by atoms with E-state index in [1.165, 1.54) is 12.1 Å².